The van der Waals surface area contributed by atoms with Crippen LogP contribution in [-0.2, 0) is 6.42 Å². The molecule has 2 unspecified atom stereocenters. The molecular weight excluding hydrogens is 394 g/mol. The van der Waals surface area contributed by atoms with Gasteiger partial charge in [0.25, 0.3) is 0 Å². The minimum atomic E-state index is -0.582. The number of hydrogen-bond donors (Lipinski definition) is 2. The number of halogens is 1. The van der Waals surface area contributed by atoms with Gasteiger partial charge in [0.15, 0.2) is 0 Å². The van der Waals surface area contributed by atoms with Crippen molar-refractivity contribution in [2.24, 2.45) is 0 Å². The highest BCUT2D eigenvalue weighted by molar-refractivity contribution is 6.49. The van der Waals surface area contributed by atoms with Gasteiger partial charge in [-0.3, -0.25) is 0 Å². The number of aryl methyl sites for hydroxylation is 1. The van der Waals surface area contributed by atoms with Gasteiger partial charge in [-0.05, 0) is 65.4 Å². The van der Waals surface area contributed by atoms with Crippen LogP contribution in [0, 0.1) is 0 Å². The molecule has 0 bridgehead atoms. The van der Waals surface area contributed by atoms with Crippen molar-refractivity contribution in [3.63, 3.8) is 0 Å². The fraction of sp³-hybridized carbons (Fsp3) is 0.231. The number of benzene rings is 3. The molecule has 30 heavy (non-hydrogen) atoms. The third-order valence-corrected chi connectivity index (χ3v) is 6.12. The Bertz CT molecular complexity index is 1020. The average molecular weight is 420 g/mol. The highest BCUT2D eigenvalue weighted by Crippen LogP contribution is 2.39. The van der Waals surface area contributed by atoms with Crippen LogP contribution in [0.3, 0.4) is 0 Å². The molecule has 3 aromatic carbocycles. The monoisotopic (exact) mass is 419 g/mol. The van der Waals surface area contributed by atoms with Crippen LogP contribution in [0.2, 0.25) is 0 Å². The summed E-state index contributed by atoms with van der Waals surface area (Å²) in [5.74, 6) is 0.847. The van der Waals surface area contributed by atoms with Crippen molar-refractivity contribution in [3.05, 3.63) is 101 Å². The number of ether oxygens (including phenoxy) is 1. The summed E-state index contributed by atoms with van der Waals surface area (Å²) in [6, 6.07) is 25.8. The van der Waals surface area contributed by atoms with E-state index in [1.807, 2.05) is 72.8 Å². The Morgan fingerprint density at radius 3 is 2.37 bits per heavy atom. The molecule has 3 aromatic rings. The second kappa shape index (κ2) is 9.38. The van der Waals surface area contributed by atoms with E-state index in [-0.39, 0.29) is 6.04 Å². The summed E-state index contributed by atoms with van der Waals surface area (Å²) in [6.45, 7) is 0. The smallest absolute Gasteiger partial charge is 0.119 e. The Morgan fingerprint density at radius 1 is 0.967 bits per heavy atom. The molecular formula is C26H26ClNO2. The van der Waals surface area contributed by atoms with Crippen molar-refractivity contribution in [3.8, 4) is 5.75 Å². The van der Waals surface area contributed by atoms with Gasteiger partial charge >= 0.3 is 0 Å². The van der Waals surface area contributed by atoms with Crippen molar-refractivity contribution in [2.75, 3.05) is 12.4 Å². The van der Waals surface area contributed by atoms with Crippen molar-refractivity contribution in [2.45, 2.75) is 31.4 Å². The van der Waals surface area contributed by atoms with E-state index in [0.717, 1.165) is 46.0 Å². The van der Waals surface area contributed by atoms with Gasteiger partial charge in [0.05, 0.1) is 19.3 Å². The van der Waals surface area contributed by atoms with E-state index in [1.54, 1.807) is 7.11 Å². The minimum Gasteiger partial charge on any atom is -0.497 e. The summed E-state index contributed by atoms with van der Waals surface area (Å²) >= 11 is 6.92. The molecule has 0 saturated heterocycles. The van der Waals surface area contributed by atoms with Gasteiger partial charge in [-0.2, -0.15) is 0 Å². The van der Waals surface area contributed by atoms with Gasteiger partial charge < -0.3 is 15.2 Å². The molecule has 2 N–H and O–H groups in total. The van der Waals surface area contributed by atoms with Gasteiger partial charge in [-0.15, -0.1) is 0 Å². The number of methoxy groups -OCH3 is 1. The van der Waals surface area contributed by atoms with E-state index < -0.39 is 6.10 Å². The molecule has 4 heteroatoms. The predicted octanol–water partition coefficient (Wildman–Crippen LogP) is 6.20. The SMILES string of the molecule is COc1ccc2c(c1)CCC(C(CC(O)c1ccccc1)Nc1ccccc1)=C2Cl. The summed E-state index contributed by atoms with van der Waals surface area (Å²) in [7, 11) is 1.68. The highest BCUT2D eigenvalue weighted by Gasteiger charge is 2.26. The average Bonchev–Trinajstić information content (AvgIpc) is 2.80. The predicted molar refractivity (Wildman–Crippen MR) is 124 cm³/mol. The maximum absolute atomic E-state index is 10.9. The zero-order valence-electron chi connectivity index (χ0n) is 17.0. The third kappa shape index (κ3) is 4.53. The van der Waals surface area contributed by atoms with E-state index in [2.05, 4.69) is 11.4 Å². The molecule has 0 aromatic heterocycles. The molecule has 1 aliphatic carbocycles. The van der Waals surface area contributed by atoms with E-state index in [0.29, 0.717) is 6.42 Å². The van der Waals surface area contributed by atoms with Crippen molar-refractivity contribution in [1.29, 1.82) is 0 Å². The van der Waals surface area contributed by atoms with Crippen LogP contribution in [-0.4, -0.2) is 18.3 Å². The van der Waals surface area contributed by atoms with Crippen LogP contribution in [0.5, 0.6) is 5.75 Å². The quantitative estimate of drug-likeness (QED) is 0.479. The van der Waals surface area contributed by atoms with E-state index in [4.69, 9.17) is 16.3 Å². The van der Waals surface area contributed by atoms with Gasteiger partial charge in [0, 0.05) is 17.1 Å². The Kier molecular flexibility index (Phi) is 6.41. The Balaban J connectivity index is 1.67. The summed E-state index contributed by atoms with van der Waals surface area (Å²) < 4.78 is 5.37. The summed E-state index contributed by atoms with van der Waals surface area (Å²) in [5.41, 5.74) is 5.31. The lowest BCUT2D eigenvalue weighted by Crippen LogP contribution is -2.27. The number of aliphatic hydroxyl groups excluding tert-OH is 1. The molecule has 2 atom stereocenters. The third-order valence-electron chi connectivity index (χ3n) is 5.67. The zero-order valence-corrected chi connectivity index (χ0v) is 17.8. The Hall–Kier alpha value is -2.75. The maximum atomic E-state index is 10.9. The highest BCUT2D eigenvalue weighted by atomic mass is 35.5. The second-order valence-electron chi connectivity index (χ2n) is 7.59. The molecule has 1 aliphatic rings. The molecule has 0 saturated carbocycles. The fourth-order valence-corrected chi connectivity index (χ4v) is 4.47. The second-order valence-corrected chi connectivity index (χ2v) is 7.97. The number of nitrogens with one attached hydrogen (secondary N) is 1. The van der Waals surface area contributed by atoms with Crippen LogP contribution >= 0.6 is 11.6 Å². The normalized spacial score (nSPS) is 15.3. The lowest BCUT2D eigenvalue weighted by Gasteiger charge is -2.30. The van der Waals surface area contributed by atoms with Crippen LogP contribution < -0.4 is 10.1 Å². The molecule has 3 nitrogen and oxygen atoms in total. The number of aliphatic hydroxyl groups is 1. The first-order chi connectivity index (χ1) is 14.7. The van der Waals surface area contributed by atoms with Gasteiger partial charge in [-0.25, -0.2) is 0 Å². The number of para-hydroxylation sites is 1. The summed E-state index contributed by atoms with van der Waals surface area (Å²) in [4.78, 5) is 0. The first-order valence-electron chi connectivity index (χ1n) is 10.3. The van der Waals surface area contributed by atoms with Crippen LogP contribution in [0.1, 0.15) is 35.6 Å². The van der Waals surface area contributed by atoms with Crippen molar-refractivity contribution < 1.29 is 9.84 Å². The zero-order chi connectivity index (χ0) is 20.9. The number of anilines is 1. The lowest BCUT2D eigenvalue weighted by molar-refractivity contribution is 0.164. The topological polar surface area (TPSA) is 41.5 Å². The van der Waals surface area contributed by atoms with E-state index in [1.165, 1.54) is 5.56 Å². The molecule has 154 valence electrons. The maximum Gasteiger partial charge on any atom is 0.119 e. The standard InChI is InChI=1S/C26H26ClNO2/c1-30-21-13-15-22-19(16-21)12-14-23(26(22)27)24(28-20-10-6-3-7-11-20)17-25(29)18-8-4-2-5-9-18/h2-11,13,15-16,24-25,28-29H,12,14,17H2,1H3. The van der Waals surface area contributed by atoms with Crippen LogP contribution in [0.25, 0.3) is 5.03 Å². The molecule has 0 fully saturated rings. The first-order valence-corrected chi connectivity index (χ1v) is 10.6. The molecule has 0 spiro atoms. The summed E-state index contributed by atoms with van der Waals surface area (Å²) in [6.07, 6.45) is 1.69. The van der Waals surface area contributed by atoms with Crippen molar-refractivity contribution in [1.82, 2.24) is 0 Å². The number of rotatable bonds is 7. The molecule has 0 heterocycles. The number of hydrogen-bond acceptors (Lipinski definition) is 3. The fourth-order valence-electron chi connectivity index (χ4n) is 4.06. The summed E-state index contributed by atoms with van der Waals surface area (Å²) in [5, 5.41) is 15.3. The van der Waals surface area contributed by atoms with Gasteiger partial charge in [0.2, 0.25) is 0 Å². The Morgan fingerprint density at radius 2 is 1.67 bits per heavy atom. The molecule has 0 amide bonds. The largest absolute Gasteiger partial charge is 0.497 e. The molecule has 0 radical (unpaired) electrons. The lowest BCUT2D eigenvalue weighted by atomic mass is 9.85. The molecule has 0 aliphatic heterocycles. The van der Waals surface area contributed by atoms with E-state index in [9.17, 15) is 5.11 Å². The first kappa shape index (κ1) is 20.5. The number of fused-ring (bicyclic) bond motifs is 1. The van der Waals surface area contributed by atoms with Crippen molar-refractivity contribution >= 4 is 22.3 Å². The van der Waals surface area contributed by atoms with Crippen LogP contribution in [0.4, 0.5) is 5.69 Å². The van der Waals surface area contributed by atoms with Gasteiger partial charge in [0.1, 0.15) is 5.75 Å². The van der Waals surface area contributed by atoms with Gasteiger partial charge in [-0.1, -0.05) is 60.1 Å². The van der Waals surface area contributed by atoms with Crippen LogP contribution in [0.15, 0.2) is 84.4 Å². The Labute approximate surface area is 183 Å². The minimum absolute atomic E-state index is 0.0784. The van der Waals surface area contributed by atoms with E-state index >= 15 is 0 Å². The molecule has 4 rings (SSSR count).